The van der Waals surface area contributed by atoms with Gasteiger partial charge in [0.1, 0.15) is 5.82 Å². The van der Waals surface area contributed by atoms with Crippen LogP contribution in [0.3, 0.4) is 0 Å². The van der Waals surface area contributed by atoms with Crippen LogP contribution in [0.5, 0.6) is 0 Å². The second kappa shape index (κ2) is 13.0. The van der Waals surface area contributed by atoms with E-state index in [1.54, 1.807) is 6.07 Å². The Morgan fingerprint density at radius 2 is 1.43 bits per heavy atom. The van der Waals surface area contributed by atoms with Crippen molar-refractivity contribution < 1.29 is 13.9 Å². The van der Waals surface area contributed by atoms with E-state index in [9.17, 15) is 9.18 Å². The van der Waals surface area contributed by atoms with E-state index >= 15 is 0 Å². The molecule has 4 rings (SSSR count). The summed E-state index contributed by atoms with van der Waals surface area (Å²) in [7, 11) is 0. The first-order valence-corrected chi connectivity index (χ1v) is 12.9. The van der Waals surface area contributed by atoms with Crippen LogP contribution in [0, 0.1) is 5.82 Å². The first kappa shape index (κ1) is 26.3. The second-order valence-corrected chi connectivity index (χ2v) is 9.28. The molecule has 0 saturated carbocycles. The van der Waals surface area contributed by atoms with Crippen molar-refractivity contribution >= 4 is 5.97 Å². The van der Waals surface area contributed by atoms with Gasteiger partial charge in [0.05, 0.1) is 13.0 Å². The number of rotatable bonds is 11. The lowest BCUT2D eigenvalue weighted by atomic mass is 9.94. The molecule has 1 unspecified atom stereocenters. The maximum Gasteiger partial charge on any atom is 0.307 e. The van der Waals surface area contributed by atoms with E-state index < -0.39 is 0 Å². The summed E-state index contributed by atoms with van der Waals surface area (Å²) in [5.41, 5.74) is 5.01. The van der Waals surface area contributed by atoms with Crippen molar-refractivity contribution in [2.24, 2.45) is 0 Å². The molecule has 4 aromatic carbocycles. The molecule has 0 aliphatic rings. The maximum absolute atomic E-state index is 14.4. The van der Waals surface area contributed by atoms with Crippen LogP contribution in [-0.4, -0.2) is 17.5 Å². The standard InChI is InChI=1S/C33H34FNO2/c1-3-37-33(36)23-32(30-19-12-15-27(22-30)21-29-18-10-11-20-31(29)34)35(24-26-13-6-4-7-14-26)25(2)28-16-8-5-9-17-28/h4-20,22,25,32H,3,21,23-24H2,1-2H3/t25-,32?/m1/s1. The summed E-state index contributed by atoms with van der Waals surface area (Å²) in [6.45, 7) is 5.01. The number of benzene rings is 4. The van der Waals surface area contributed by atoms with E-state index in [2.05, 4.69) is 48.2 Å². The van der Waals surface area contributed by atoms with E-state index in [-0.39, 0.29) is 30.3 Å². The van der Waals surface area contributed by atoms with Crippen LogP contribution in [0.15, 0.2) is 109 Å². The van der Waals surface area contributed by atoms with Crippen molar-refractivity contribution in [3.63, 3.8) is 0 Å². The highest BCUT2D eigenvalue weighted by atomic mass is 19.1. The highest BCUT2D eigenvalue weighted by molar-refractivity contribution is 5.70. The zero-order valence-electron chi connectivity index (χ0n) is 21.5. The SMILES string of the molecule is CCOC(=O)CC(c1cccc(Cc2ccccc2F)c1)N(Cc1ccccc1)[C@H](C)c1ccccc1. The Morgan fingerprint density at radius 1 is 0.811 bits per heavy atom. The molecule has 2 atom stereocenters. The fourth-order valence-corrected chi connectivity index (χ4v) is 4.81. The van der Waals surface area contributed by atoms with E-state index in [4.69, 9.17) is 4.74 Å². The summed E-state index contributed by atoms with van der Waals surface area (Å²) in [6, 6.07) is 35.5. The van der Waals surface area contributed by atoms with Crippen LogP contribution >= 0.6 is 0 Å². The number of carbonyl (C=O) groups is 1. The van der Waals surface area contributed by atoms with Crippen LogP contribution in [0.4, 0.5) is 4.39 Å². The molecule has 0 radical (unpaired) electrons. The van der Waals surface area contributed by atoms with Crippen LogP contribution in [-0.2, 0) is 22.5 Å². The van der Waals surface area contributed by atoms with Crippen molar-refractivity contribution in [1.29, 1.82) is 0 Å². The molecule has 0 aliphatic carbocycles. The Kier molecular flexibility index (Phi) is 9.23. The maximum atomic E-state index is 14.4. The van der Waals surface area contributed by atoms with Gasteiger partial charge in [-0.3, -0.25) is 9.69 Å². The lowest BCUT2D eigenvalue weighted by Gasteiger charge is -2.37. The molecule has 0 fully saturated rings. The topological polar surface area (TPSA) is 29.5 Å². The van der Waals surface area contributed by atoms with Gasteiger partial charge in [-0.1, -0.05) is 103 Å². The minimum absolute atomic E-state index is 0.0380. The lowest BCUT2D eigenvalue weighted by molar-refractivity contribution is -0.145. The normalized spacial score (nSPS) is 12.8. The highest BCUT2D eigenvalue weighted by Gasteiger charge is 2.29. The van der Waals surface area contributed by atoms with Gasteiger partial charge in [-0.25, -0.2) is 4.39 Å². The Morgan fingerprint density at radius 3 is 2.14 bits per heavy atom. The van der Waals surface area contributed by atoms with Gasteiger partial charge >= 0.3 is 5.97 Å². The molecule has 0 spiro atoms. The van der Waals surface area contributed by atoms with Gasteiger partial charge in [-0.05, 0) is 47.7 Å². The zero-order valence-corrected chi connectivity index (χ0v) is 21.5. The second-order valence-electron chi connectivity index (χ2n) is 9.28. The molecule has 0 N–H and O–H groups in total. The minimum atomic E-state index is -0.231. The predicted molar refractivity (Wildman–Crippen MR) is 146 cm³/mol. The summed E-state index contributed by atoms with van der Waals surface area (Å²) in [5, 5.41) is 0. The Hall–Kier alpha value is -3.76. The summed E-state index contributed by atoms with van der Waals surface area (Å²) in [4.78, 5) is 15.2. The third-order valence-electron chi connectivity index (χ3n) is 6.74. The van der Waals surface area contributed by atoms with Gasteiger partial charge in [0.25, 0.3) is 0 Å². The fourth-order valence-electron chi connectivity index (χ4n) is 4.81. The molecule has 190 valence electrons. The summed E-state index contributed by atoms with van der Waals surface area (Å²) in [5.74, 6) is -0.440. The molecule has 37 heavy (non-hydrogen) atoms. The number of ether oxygens (including phenoxy) is 1. The minimum Gasteiger partial charge on any atom is -0.466 e. The first-order valence-electron chi connectivity index (χ1n) is 12.9. The van der Waals surface area contributed by atoms with E-state index in [1.165, 1.54) is 17.2 Å². The van der Waals surface area contributed by atoms with Crippen molar-refractivity contribution in [3.05, 3.63) is 143 Å². The molecule has 3 nitrogen and oxygen atoms in total. The summed E-state index contributed by atoms with van der Waals surface area (Å²) >= 11 is 0. The van der Waals surface area contributed by atoms with Crippen molar-refractivity contribution in [1.82, 2.24) is 4.90 Å². The zero-order chi connectivity index (χ0) is 26.0. The quantitative estimate of drug-likeness (QED) is 0.200. The van der Waals surface area contributed by atoms with Gasteiger partial charge in [0, 0.05) is 25.0 Å². The lowest BCUT2D eigenvalue weighted by Crippen LogP contribution is -2.33. The number of hydrogen-bond acceptors (Lipinski definition) is 3. The Balaban J connectivity index is 1.74. The van der Waals surface area contributed by atoms with E-state index in [0.29, 0.717) is 25.1 Å². The molecule has 0 bridgehead atoms. The highest BCUT2D eigenvalue weighted by Crippen LogP contribution is 2.35. The molecular formula is C33H34FNO2. The van der Waals surface area contributed by atoms with Crippen LogP contribution < -0.4 is 0 Å². The largest absolute Gasteiger partial charge is 0.466 e. The predicted octanol–water partition coefficient (Wildman–Crippen LogP) is 7.67. The average Bonchev–Trinajstić information content (AvgIpc) is 2.93. The van der Waals surface area contributed by atoms with Gasteiger partial charge in [0.2, 0.25) is 0 Å². The average molecular weight is 496 g/mol. The fraction of sp³-hybridized carbons (Fsp3) is 0.242. The molecule has 0 aliphatic heterocycles. The Bertz CT molecular complexity index is 1280. The first-order chi connectivity index (χ1) is 18.0. The summed E-state index contributed by atoms with van der Waals surface area (Å²) in [6.07, 6.45) is 0.709. The number of halogens is 1. The molecule has 0 heterocycles. The molecular weight excluding hydrogens is 461 g/mol. The number of nitrogens with zero attached hydrogens (tertiary/aromatic N) is 1. The van der Waals surface area contributed by atoms with Gasteiger partial charge in [-0.15, -0.1) is 0 Å². The Labute approximate surface area is 219 Å². The van der Waals surface area contributed by atoms with Crippen molar-refractivity contribution in [2.45, 2.75) is 45.3 Å². The number of esters is 1. The molecule has 4 heteroatoms. The third kappa shape index (κ3) is 7.14. The van der Waals surface area contributed by atoms with Crippen LogP contribution in [0.1, 0.15) is 60.2 Å². The molecule has 0 aromatic heterocycles. The van der Waals surface area contributed by atoms with Gasteiger partial charge in [-0.2, -0.15) is 0 Å². The number of hydrogen-bond donors (Lipinski definition) is 0. The third-order valence-corrected chi connectivity index (χ3v) is 6.74. The van der Waals surface area contributed by atoms with Crippen LogP contribution in [0.2, 0.25) is 0 Å². The van der Waals surface area contributed by atoms with Gasteiger partial charge < -0.3 is 4.74 Å². The van der Waals surface area contributed by atoms with Crippen LogP contribution in [0.25, 0.3) is 0 Å². The number of carbonyl (C=O) groups excluding carboxylic acids is 1. The van der Waals surface area contributed by atoms with Gasteiger partial charge in [0.15, 0.2) is 0 Å². The van der Waals surface area contributed by atoms with E-state index in [0.717, 1.165) is 11.1 Å². The molecule has 0 amide bonds. The smallest absolute Gasteiger partial charge is 0.307 e. The molecule has 0 saturated heterocycles. The van der Waals surface area contributed by atoms with E-state index in [1.807, 2.05) is 67.6 Å². The van der Waals surface area contributed by atoms with Crippen molar-refractivity contribution in [2.75, 3.05) is 6.61 Å². The summed E-state index contributed by atoms with van der Waals surface area (Å²) < 4.78 is 19.8. The van der Waals surface area contributed by atoms with Crippen molar-refractivity contribution in [3.8, 4) is 0 Å². The molecule has 4 aromatic rings. The monoisotopic (exact) mass is 495 g/mol.